The Balaban J connectivity index is 2.87. The third-order valence-electron chi connectivity index (χ3n) is 1.81. The number of rotatable bonds is 4. The van der Waals surface area contributed by atoms with Crippen molar-refractivity contribution >= 4 is 17.4 Å². The second-order valence-electron chi connectivity index (χ2n) is 3.16. The van der Waals surface area contributed by atoms with E-state index >= 15 is 0 Å². The van der Waals surface area contributed by atoms with Crippen molar-refractivity contribution in [2.24, 2.45) is 5.10 Å². The SMILES string of the molecule is CCOC(=O)/C(=N\Nc1ccccc1)C(F)(F)F. The van der Waals surface area contributed by atoms with Crippen LogP contribution in [0.1, 0.15) is 6.92 Å². The molecule has 1 rings (SSSR count). The van der Waals surface area contributed by atoms with Gasteiger partial charge in [0.1, 0.15) is 0 Å². The lowest BCUT2D eigenvalue weighted by Gasteiger charge is -2.09. The molecule has 0 saturated carbocycles. The summed E-state index contributed by atoms with van der Waals surface area (Å²) in [5.41, 5.74) is 0.877. The van der Waals surface area contributed by atoms with Gasteiger partial charge in [-0.1, -0.05) is 18.2 Å². The zero-order valence-corrected chi connectivity index (χ0v) is 9.49. The van der Waals surface area contributed by atoms with Crippen molar-refractivity contribution < 1.29 is 22.7 Å². The van der Waals surface area contributed by atoms with Gasteiger partial charge in [0.05, 0.1) is 12.3 Å². The van der Waals surface area contributed by atoms with Gasteiger partial charge >= 0.3 is 12.1 Å². The molecule has 98 valence electrons. The zero-order chi connectivity index (χ0) is 13.6. The maximum Gasteiger partial charge on any atom is 0.442 e. The smallest absolute Gasteiger partial charge is 0.442 e. The molecule has 0 saturated heterocycles. The molecule has 0 spiro atoms. The van der Waals surface area contributed by atoms with E-state index in [1.165, 1.54) is 19.1 Å². The van der Waals surface area contributed by atoms with Gasteiger partial charge in [-0.25, -0.2) is 4.79 Å². The molecule has 0 bridgehead atoms. The Bertz CT molecular complexity index is 430. The van der Waals surface area contributed by atoms with Gasteiger partial charge in [0, 0.05) is 0 Å². The van der Waals surface area contributed by atoms with Crippen LogP contribution in [0.4, 0.5) is 18.9 Å². The molecule has 0 atom stereocenters. The lowest BCUT2D eigenvalue weighted by Crippen LogP contribution is -2.33. The van der Waals surface area contributed by atoms with Gasteiger partial charge < -0.3 is 4.74 Å². The van der Waals surface area contributed by atoms with Crippen molar-refractivity contribution in [3.8, 4) is 0 Å². The van der Waals surface area contributed by atoms with E-state index in [0.29, 0.717) is 5.69 Å². The van der Waals surface area contributed by atoms with Crippen LogP contribution in [0.2, 0.25) is 0 Å². The van der Waals surface area contributed by atoms with Crippen molar-refractivity contribution in [2.75, 3.05) is 12.0 Å². The number of ether oxygens (including phenoxy) is 1. The van der Waals surface area contributed by atoms with Crippen LogP contribution in [0.5, 0.6) is 0 Å². The fourth-order valence-corrected chi connectivity index (χ4v) is 1.06. The molecule has 0 heterocycles. The van der Waals surface area contributed by atoms with E-state index in [4.69, 9.17) is 0 Å². The number of benzene rings is 1. The standard InChI is InChI=1S/C11H11F3N2O2/c1-2-18-10(17)9(11(12,13)14)16-15-8-6-4-3-5-7-8/h3-7,15H,2H2,1H3/b16-9+. The number of carbonyl (C=O) groups is 1. The molecule has 1 N–H and O–H groups in total. The van der Waals surface area contributed by atoms with E-state index < -0.39 is 17.9 Å². The first-order chi connectivity index (χ1) is 8.45. The Morgan fingerprint density at radius 2 is 1.94 bits per heavy atom. The Morgan fingerprint density at radius 1 is 1.33 bits per heavy atom. The molecule has 4 nitrogen and oxygen atoms in total. The fraction of sp³-hybridized carbons (Fsp3) is 0.273. The van der Waals surface area contributed by atoms with Crippen LogP contribution in [0.25, 0.3) is 0 Å². The first-order valence-electron chi connectivity index (χ1n) is 5.08. The number of nitrogens with one attached hydrogen (secondary N) is 1. The number of para-hydroxylation sites is 1. The summed E-state index contributed by atoms with van der Waals surface area (Å²) in [6, 6.07) is 7.97. The van der Waals surface area contributed by atoms with Gasteiger partial charge in [-0.05, 0) is 19.1 Å². The average Bonchev–Trinajstić information content (AvgIpc) is 2.29. The topological polar surface area (TPSA) is 50.7 Å². The van der Waals surface area contributed by atoms with Crippen LogP contribution in [-0.4, -0.2) is 24.5 Å². The molecular weight excluding hydrogens is 249 g/mol. The second-order valence-corrected chi connectivity index (χ2v) is 3.16. The van der Waals surface area contributed by atoms with E-state index in [1.54, 1.807) is 18.2 Å². The highest BCUT2D eigenvalue weighted by Crippen LogP contribution is 2.19. The number of hydrazone groups is 1. The minimum Gasteiger partial charge on any atom is -0.461 e. The van der Waals surface area contributed by atoms with Gasteiger partial charge in [0.15, 0.2) is 0 Å². The number of alkyl halides is 3. The minimum absolute atomic E-state index is 0.154. The molecule has 0 aliphatic rings. The number of anilines is 1. The van der Waals surface area contributed by atoms with Crippen molar-refractivity contribution in [1.29, 1.82) is 0 Å². The zero-order valence-electron chi connectivity index (χ0n) is 9.49. The van der Waals surface area contributed by atoms with Gasteiger partial charge in [0.2, 0.25) is 5.71 Å². The largest absolute Gasteiger partial charge is 0.461 e. The molecule has 7 heteroatoms. The quantitative estimate of drug-likeness (QED) is 0.514. The summed E-state index contributed by atoms with van der Waals surface area (Å²) in [5, 5.41) is 3.05. The van der Waals surface area contributed by atoms with Crippen molar-refractivity contribution in [3.05, 3.63) is 30.3 Å². The number of halogens is 3. The highest BCUT2D eigenvalue weighted by atomic mass is 19.4. The molecule has 0 aromatic heterocycles. The number of nitrogens with zero attached hydrogens (tertiary/aromatic N) is 1. The summed E-state index contributed by atoms with van der Waals surface area (Å²) >= 11 is 0. The maximum atomic E-state index is 12.5. The lowest BCUT2D eigenvalue weighted by molar-refractivity contribution is -0.139. The van der Waals surface area contributed by atoms with Gasteiger partial charge in [-0.3, -0.25) is 5.43 Å². The summed E-state index contributed by atoms with van der Waals surface area (Å²) in [7, 11) is 0. The summed E-state index contributed by atoms with van der Waals surface area (Å²) in [6.45, 7) is 1.26. The van der Waals surface area contributed by atoms with Crippen LogP contribution in [0.3, 0.4) is 0 Å². The van der Waals surface area contributed by atoms with Crippen LogP contribution in [-0.2, 0) is 9.53 Å². The molecule has 1 aromatic rings. The summed E-state index contributed by atoms with van der Waals surface area (Å²) in [5.74, 6) is -1.51. The second kappa shape index (κ2) is 6.04. The van der Waals surface area contributed by atoms with Crippen molar-refractivity contribution in [2.45, 2.75) is 13.1 Å². The fourth-order valence-electron chi connectivity index (χ4n) is 1.06. The summed E-state index contributed by atoms with van der Waals surface area (Å²) < 4.78 is 41.9. The van der Waals surface area contributed by atoms with Crippen LogP contribution in [0, 0.1) is 0 Å². The van der Waals surface area contributed by atoms with Gasteiger partial charge in [-0.2, -0.15) is 18.3 Å². The van der Waals surface area contributed by atoms with Crippen LogP contribution >= 0.6 is 0 Å². The Morgan fingerprint density at radius 3 is 2.44 bits per heavy atom. The van der Waals surface area contributed by atoms with Gasteiger partial charge in [0.25, 0.3) is 0 Å². The van der Waals surface area contributed by atoms with Crippen LogP contribution in [0.15, 0.2) is 35.4 Å². The average molecular weight is 260 g/mol. The highest BCUT2D eigenvalue weighted by Gasteiger charge is 2.42. The predicted octanol–water partition coefficient (Wildman–Crippen LogP) is 2.58. The summed E-state index contributed by atoms with van der Waals surface area (Å²) in [4.78, 5) is 11.1. The Hall–Kier alpha value is -2.05. The molecule has 0 unspecified atom stereocenters. The van der Waals surface area contributed by atoms with Crippen LogP contribution < -0.4 is 5.43 Å². The molecule has 18 heavy (non-hydrogen) atoms. The number of hydrogen-bond acceptors (Lipinski definition) is 4. The predicted molar refractivity (Wildman–Crippen MR) is 60.2 cm³/mol. The first-order valence-corrected chi connectivity index (χ1v) is 5.08. The monoisotopic (exact) mass is 260 g/mol. The minimum atomic E-state index is -4.87. The normalized spacial score (nSPS) is 12.1. The maximum absolute atomic E-state index is 12.5. The van der Waals surface area contributed by atoms with Crippen molar-refractivity contribution in [1.82, 2.24) is 0 Å². The highest BCUT2D eigenvalue weighted by molar-refractivity contribution is 6.38. The first kappa shape index (κ1) is 14.0. The Labute approximate surface area is 101 Å². The summed E-state index contributed by atoms with van der Waals surface area (Å²) in [6.07, 6.45) is -4.87. The van der Waals surface area contributed by atoms with Gasteiger partial charge in [-0.15, -0.1) is 0 Å². The number of hydrogen-bond donors (Lipinski definition) is 1. The number of esters is 1. The lowest BCUT2D eigenvalue weighted by atomic mass is 10.3. The molecule has 0 aliphatic carbocycles. The third-order valence-corrected chi connectivity index (χ3v) is 1.81. The van der Waals surface area contributed by atoms with E-state index in [2.05, 4.69) is 15.3 Å². The molecule has 0 fully saturated rings. The molecule has 0 amide bonds. The molecule has 0 aliphatic heterocycles. The van der Waals surface area contributed by atoms with E-state index in [1.807, 2.05) is 0 Å². The molecule has 1 aromatic carbocycles. The van der Waals surface area contributed by atoms with E-state index in [9.17, 15) is 18.0 Å². The molecular formula is C11H11F3N2O2. The Kier molecular flexibility index (Phi) is 4.70. The molecule has 0 radical (unpaired) electrons. The van der Waals surface area contributed by atoms with Crippen molar-refractivity contribution in [3.63, 3.8) is 0 Å². The van der Waals surface area contributed by atoms with E-state index in [0.717, 1.165) is 0 Å². The van der Waals surface area contributed by atoms with E-state index in [-0.39, 0.29) is 6.61 Å². The number of carbonyl (C=O) groups excluding carboxylic acids is 1. The third kappa shape index (κ3) is 4.08.